The van der Waals surface area contributed by atoms with E-state index in [-0.39, 0.29) is 23.3 Å². The minimum atomic E-state index is -0.194. The number of fused-ring (bicyclic) bond motifs is 1. The number of aromatic nitrogens is 3. The van der Waals surface area contributed by atoms with Crippen molar-refractivity contribution < 1.29 is 4.79 Å². The van der Waals surface area contributed by atoms with Crippen molar-refractivity contribution in [3.63, 3.8) is 0 Å². The number of amides is 1. The molecular formula is C27H26N4O2S. The molecule has 2 aromatic carbocycles. The van der Waals surface area contributed by atoms with Gasteiger partial charge in [-0.2, -0.15) is 0 Å². The summed E-state index contributed by atoms with van der Waals surface area (Å²) in [5.74, 6) is 1.05. The minimum Gasteiger partial charge on any atom is -0.348 e. The molecular weight excluding hydrogens is 444 g/mol. The summed E-state index contributed by atoms with van der Waals surface area (Å²) in [5.41, 5.74) is 3.75. The fourth-order valence-electron chi connectivity index (χ4n) is 4.03. The van der Waals surface area contributed by atoms with Crippen molar-refractivity contribution in [1.29, 1.82) is 0 Å². The van der Waals surface area contributed by atoms with Crippen molar-refractivity contribution >= 4 is 28.6 Å². The molecule has 172 valence electrons. The predicted octanol–water partition coefficient (Wildman–Crippen LogP) is 4.76. The topological polar surface area (TPSA) is 76.9 Å². The van der Waals surface area contributed by atoms with Crippen LogP contribution in [-0.2, 0) is 4.79 Å². The lowest BCUT2D eigenvalue weighted by atomic mass is 10.0. The molecule has 1 N–H and O–H groups in total. The first-order chi connectivity index (χ1) is 16.5. The van der Waals surface area contributed by atoms with Crippen molar-refractivity contribution in [3.05, 3.63) is 93.9 Å². The van der Waals surface area contributed by atoms with Gasteiger partial charge in [0.1, 0.15) is 5.82 Å². The van der Waals surface area contributed by atoms with E-state index in [1.807, 2.05) is 31.2 Å². The van der Waals surface area contributed by atoms with Crippen LogP contribution in [0.25, 0.3) is 16.7 Å². The first-order valence-electron chi connectivity index (χ1n) is 11.4. The van der Waals surface area contributed by atoms with E-state index in [1.165, 1.54) is 21.9 Å². The number of thioether (sulfide) groups is 1. The molecule has 2 heterocycles. The second kappa shape index (κ2) is 9.43. The average molecular weight is 471 g/mol. The Bertz CT molecular complexity index is 1390. The number of nitrogens with zero attached hydrogens (tertiary/aromatic N) is 3. The van der Waals surface area contributed by atoms with Gasteiger partial charge in [-0.05, 0) is 61.9 Å². The number of nitrogens with one attached hydrogen (secondary N) is 1. The monoisotopic (exact) mass is 470 g/mol. The average Bonchev–Trinajstić information content (AvgIpc) is 3.68. The molecule has 0 saturated heterocycles. The molecule has 1 aliphatic carbocycles. The van der Waals surface area contributed by atoms with Crippen LogP contribution in [0, 0.1) is 19.8 Å². The van der Waals surface area contributed by atoms with Gasteiger partial charge in [0.05, 0.1) is 22.7 Å². The second-order valence-electron chi connectivity index (χ2n) is 8.83. The Hall–Kier alpha value is -3.45. The Labute approximate surface area is 202 Å². The maximum Gasteiger partial charge on any atom is 0.267 e. The molecule has 34 heavy (non-hydrogen) atoms. The van der Waals surface area contributed by atoms with Gasteiger partial charge in [0.15, 0.2) is 5.16 Å². The Kier molecular flexibility index (Phi) is 6.20. The van der Waals surface area contributed by atoms with Gasteiger partial charge in [-0.1, -0.05) is 59.8 Å². The van der Waals surface area contributed by atoms with Crippen LogP contribution >= 0.6 is 11.8 Å². The quantitative estimate of drug-likeness (QED) is 0.311. The van der Waals surface area contributed by atoms with Gasteiger partial charge in [-0.3, -0.25) is 9.59 Å². The molecule has 5 rings (SSSR count). The number of pyridine rings is 1. The summed E-state index contributed by atoms with van der Waals surface area (Å²) in [6, 6.07) is 19.3. The van der Waals surface area contributed by atoms with E-state index < -0.39 is 0 Å². The maximum absolute atomic E-state index is 13.3. The van der Waals surface area contributed by atoms with E-state index in [4.69, 9.17) is 4.98 Å². The Morgan fingerprint density at radius 3 is 2.50 bits per heavy atom. The Balaban J connectivity index is 1.41. The number of benzene rings is 2. The van der Waals surface area contributed by atoms with Crippen molar-refractivity contribution in [3.8, 4) is 5.82 Å². The first kappa shape index (κ1) is 22.3. The van der Waals surface area contributed by atoms with Crippen molar-refractivity contribution in [1.82, 2.24) is 19.9 Å². The summed E-state index contributed by atoms with van der Waals surface area (Å²) in [6.45, 7) is 4.01. The fraction of sp³-hybridized carbons (Fsp3) is 0.259. The molecule has 0 radical (unpaired) electrons. The van der Waals surface area contributed by atoms with Crippen molar-refractivity contribution in [2.75, 3.05) is 5.75 Å². The molecule has 1 amide bonds. The molecule has 0 bridgehead atoms. The smallest absolute Gasteiger partial charge is 0.267 e. The van der Waals surface area contributed by atoms with E-state index in [0.29, 0.717) is 27.8 Å². The number of carbonyl (C=O) groups is 1. The summed E-state index contributed by atoms with van der Waals surface area (Å²) in [6.07, 6.45) is 3.97. The number of para-hydroxylation sites is 1. The lowest BCUT2D eigenvalue weighted by molar-refractivity contribution is -0.119. The SMILES string of the molecule is Cc1ccc(C(NC(=O)CSc2nc3ccccc3c(=O)n2-c2ccc(C)cn2)C2CC2)cc1. The molecule has 4 aromatic rings. The fourth-order valence-corrected chi connectivity index (χ4v) is 4.84. The van der Waals surface area contributed by atoms with Gasteiger partial charge < -0.3 is 5.32 Å². The van der Waals surface area contributed by atoms with Crippen LogP contribution in [0.4, 0.5) is 0 Å². The highest BCUT2D eigenvalue weighted by molar-refractivity contribution is 7.99. The van der Waals surface area contributed by atoms with Crippen LogP contribution < -0.4 is 10.9 Å². The summed E-state index contributed by atoms with van der Waals surface area (Å²) >= 11 is 1.25. The number of hydrogen-bond donors (Lipinski definition) is 1. The molecule has 2 aromatic heterocycles. The molecule has 1 atom stereocenters. The summed E-state index contributed by atoms with van der Waals surface area (Å²) < 4.78 is 1.50. The highest BCUT2D eigenvalue weighted by Crippen LogP contribution is 2.41. The maximum atomic E-state index is 13.3. The lowest BCUT2D eigenvalue weighted by Gasteiger charge is -2.19. The molecule has 0 aliphatic heterocycles. The van der Waals surface area contributed by atoms with Crippen LogP contribution in [0.1, 0.15) is 35.6 Å². The summed E-state index contributed by atoms with van der Waals surface area (Å²) in [4.78, 5) is 35.5. The van der Waals surface area contributed by atoms with Crippen LogP contribution in [0.15, 0.2) is 76.8 Å². The predicted molar refractivity (Wildman–Crippen MR) is 135 cm³/mol. The molecule has 6 nitrogen and oxygen atoms in total. The molecule has 1 aliphatic rings. The number of aryl methyl sites for hydroxylation is 2. The van der Waals surface area contributed by atoms with Crippen LogP contribution in [0.3, 0.4) is 0 Å². The third-order valence-corrected chi connectivity index (χ3v) is 6.99. The molecule has 0 spiro atoms. The largest absolute Gasteiger partial charge is 0.348 e. The van der Waals surface area contributed by atoms with E-state index in [9.17, 15) is 9.59 Å². The lowest BCUT2D eigenvalue weighted by Crippen LogP contribution is -2.31. The molecule has 7 heteroatoms. The normalized spacial score (nSPS) is 14.2. The Morgan fingerprint density at radius 2 is 1.79 bits per heavy atom. The zero-order valence-electron chi connectivity index (χ0n) is 19.2. The molecule has 1 unspecified atom stereocenters. The van der Waals surface area contributed by atoms with Crippen LogP contribution in [0.5, 0.6) is 0 Å². The van der Waals surface area contributed by atoms with Crippen molar-refractivity contribution in [2.45, 2.75) is 37.9 Å². The highest BCUT2D eigenvalue weighted by Gasteiger charge is 2.33. The third-order valence-electron chi connectivity index (χ3n) is 6.05. The number of carbonyl (C=O) groups excluding carboxylic acids is 1. The van der Waals surface area contributed by atoms with Gasteiger partial charge in [-0.15, -0.1) is 0 Å². The van der Waals surface area contributed by atoms with E-state index in [0.717, 1.165) is 24.0 Å². The first-order valence-corrected chi connectivity index (χ1v) is 12.4. The van der Waals surface area contributed by atoms with E-state index >= 15 is 0 Å². The Morgan fingerprint density at radius 1 is 1.06 bits per heavy atom. The zero-order chi connectivity index (χ0) is 23.7. The minimum absolute atomic E-state index is 0.0132. The molecule has 1 fully saturated rings. The number of rotatable bonds is 7. The van der Waals surface area contributed by atoms with Gasteiger partial charge in [0, 0.05) is 6.20 Å². The van der Waals surface area contributed by atoms with Gasteiger partial charge >= 0.3 is 0 Å². The highest BCUT2D eigenvalue weighted by atomic mass is 32.2. The second-order valence-corrected chi connectivity index (χ2v) is 9.77. The summed E-state index contributed by atoms with van der Waals surface area (Å²) in [5, 5.41) is 4.19. The standard InChI is InChI=1S/C27H26N4O2S/c1-17-7-10-19(11-8-17)25(20-12-13-20)30-24(32)16-34-27-29-22-6-4-3-5-21(22)26(33)31(27)23-14-9-18(2)15-28-23/h3-11,14-15,20,25H,12-13,16H2,1-2H3,(H,30,32). The van der Waals surface area contributed by atoms with E-state index in [2.05, 4.69) is 41.5 Å². The van der Waals surface area contributed by atoms with Gasteiger partial charge in [-0.25, -0.2) is 14.5 Å². The van der Waals surface area contributed by atoms with E-state index in [1.54, 1.807) is 18.3 Å². The number of hydrogen-bond acceptors (Lipinski definition) is 5. The third kappa shape index (κ3) is 4.75. The summed E-state index contributed by atoms with van der Waals surface area (Å²) in [7, 11) is 0. The van der Waals surface area contributed by atoms with Crippen LogP contribution in [0.2, 0.25) is 0 Å². The van der Waals surface area contributed by atoms with Gasteiger partial charge in [0.25, 0.3) is 5.56 Å². The van der Waals surface area contributed by atoms with Crippen molar-refractivity contribution in [2.24, 2.45) is 5.92 Å². The van der Waals surface area contributed by atoms with Gasteiger partial charge in [0.2, 0.25) is 5.91 Å². The zero-order valence-corrected chi connectivity index (χ0v) is 20.0. The van der Waals surface area contributed by atoms with Crippen LogP contribution in [-0.4, -0.2) is 26.2 Å². The molecule has 1 saturated carbocycles.